The van der Waals surface area contributed by atoms with Crippen LogP contribution in [0.3, 0.4) is 0 Å². The molecule has 1 aromatic rings. The van der Waals surface area contributed by atoms with Crippen LogP contribution in [0.1, 0.15) is 52.0 Å². The van der Waals surface area contributed by atoms with E-state index in [2.05, 4.69) is 53.0 Å². The van der Waals surface area contributed by atoms with Crippen molar-refractivity contribution >= 4 is 21.7 Å². The number of anilines is 1. The Labute approximate surface area is 131 Å². The Bertz CT molecular complexity index is 434. The number of hydrogen-bond acceptors (Lipinski definition) is 3. The van der Waals surface area contributed by atoms with E-state index < -0.39 is 0 Å². The van der Waals surface area contributed by atoms with Gasteiger partial charge < -0.3 is 10.2 Å². The number of halogens is 1. The topological polar surface area (TPSA) is 28.2 Å². The molecule has 1 unspecified atom stereocenters. The molecule has 1 atom stereocenters. The molecule has 0 aliphatic carbocycles. The van der Waals surface area contributed by atoms with Crippen LogP contribution in [0.4, 0.5) is 5.82 Å². The van der Waals surface area contributed by atoms with Crippen molar-refractivity contribution in [2.75, 3.05) is 11.4 Å². The summed E-state index contributed by atoms with van der Waals surface area (Å²) in [7, 11) is 0. The number of hydrogen-bond donors (Lipinski definition) is 1. The molecule has 3 nitrogen and oxygen atoms in total. The maximum atomic E-state index is 4.71. The second-order valence-corrected chi connectivity index (χ2v) is 6.98. The fourth-order valence-corrected chi connectivity index (χ4v) is 3.15. The van der Waals surface area contributed by atoms with Crippen LogP contribution in [0.2, 0.25) is 0 Å². The minimum atomic E-state index is 0.489. The third-order valence-electron chi connectivity index (χ3n) is 3.94. The van der Waals surface area contributed by atoms with Gasteiger partial charge in [0.25, 0.3) is 0 Å². The summed E-state index contributed by atoms with van der Waals surface area (Å²) in [5, 5.41) is 3.51. The molecule has 1 aromatic heterocycles. The van der Waals surface area contributed by atoms with Crippen LogP contribution in [0.15, 0.2) is 16.7 Å². The van der Waals surface area contributed by atoms with Crippen molar-refractivity contribution in [1.82, 2.24) is 10.3 Å². The molecule has 4 heteroatoms. The third kappa shape index (κ3) is 4.19. The fourth-order valence-electron chi connectivity index (χ4n) is 2.77. The summed E-state index contributed by atoms with van der Waals surface area (Å²) in [5.41, 5.74) is 1.29. The molecule has 1 aliphatic rings. The highest BCUT2D eigenvalue weighted by Crippen LogP contribution is 2.27. The maximum Gasteiger partial charge on any atom is 0.133 e. The summed E-state index contributed by atoms with van der Waals surface area (Å²) in [6.07, 6.45) is 7.16. The first-order chi connectivity index (χ1) is 9.58. The Morgan fingerprint density at radius 1 is 1.40 bits per heavy atom. The highest BCUT2D eigenvalue weighted by Gasteiger charge is 2.21. The monoisotopic (exact) mass is 339 g/mol. The zero-order valence-corrected chi connectivity index (χ0v) is 14.4. The van der Waals surface area contributed by atoms with Crippen LogP contribution < -0.4 is 10.2 Å². The van der Waals surface area contributed by atoms with Gasteiger partial charge in [0, 0.05) is 41.4 Å². The van der Waals surface area contributed by atoms with Gasteiger partial charge in [-0.05, 0) is 41.8 Å². The zero-order chi connectivity index (χ0) is 14.5. The van der Waals surface area contributed by atoms with Crippen molar-refractivity contribution in [1.29, 1.82) is 0 Å². The quantitative estimate of drug-likeness (QED) is 0.894. The van der Waals surface area contributed by atoms with Crippen molar-refractivity contribution in [3.8, 4) is 0 Å². The van der Waals surface area contributed by atoms with Gasteiger partial charge in [-0.25, -0.2) is 4.98 Å². The standard InChI is InChI=1S/C16H26BrN3/c1-12(2)18-10-14-9-15(17)11-19-16(14)20-8-6-4-5-7-13(20)3/h9,11-13,18H,4-8,10H2,1-3H3. The van der Waals surface area contributed by atoms with Gasteiger partial charge in [0.05, 0.1) is 0 Å². The van der Waals surface area contributed by atoms with Crippen molar-refractivity contribution < 1.29 is 0 Å². The highest BCUT2D eigenvalue weighted by molar-refractivity contribution is 9.10. The SMILES string of the molecule is CC(C)NCc1cc(Br)cnc1N1CCCCCC1C. The molecule has 0 aromatic carbocycles. The largest absolute Gasteiger partial charge is 0.354 e. The normalized spacial score (nSPS) is 20.2. The lowest BCUT2D eigenvalue weighted by Crippen LogP contribution is -2.35. The molecule has 0 bridgehead atoms. The highest BCUT2D eigenvalue weighted by atomic mass is 79.9. The first kappa shape index (κ1) is 15.8. The van der Waals surface area contributed by atoms with Crippen LogP contribution in [0.5, 0.6) is 0 Å². The lowest BCUT2D eigenvalue weighted by atomic mass is 10.1. The molecule has 0 saturated carbocycles. The summed E-state index contributed by atoms with van der Waals surface area (Å²) < 4.78 is 1.06. The van der Waals surface area contributed by atoms with E-state index >= 15 is 0 Å². The van der Waals surface area contributed by atoms with E-state index in [0.29, 0.717) is 12.1 Å². The molecular formula is C16H26BrN3. The predicted molar refractivity (Wildman–Crippen MR) is 89.2 cm³/mol. The average Bonchev–Trinajstić information content (AvgIpc) is 2.61. The number of rotatable bonds is 4. The van der Waals surface area contributed by atoms with Crippen LogP contribution in [0, 0.1) is 0 Å². The maximum absolute atomic E-state index is 4.71. The van der Waals surface area contributed by atoms with Gasteiger partial charge in [-0.1, -0.05) is 26.7 Å². The van der Waals surface area contributed by atoms with E-state index in [1.165, 1.54) is 31.2 Å². The second kappa shape index (κ2) is 7.41. The molecule has 1 saturated heterocycles. The number of pyridine rings is 1. The second-order valence-electron chi connectivity index (χ2n) is 6.06. The van der Waals surface area contributed by atoms with Crippen molar-refractivity contribution in [3.05, 3.63) is 22.3 Å². The number of nitrogens with zero attached hydrogens (tertiary/aromatic N) is 2. The minimum Gasteiger partial charge on any atom is -0.354 e. The van der Waals surface area contributed by atoms with E-state index in [-0.39, 0.29) is 0 Å². The van der Waals surface area contributed by atoms with Crippen molar-refractivity contribution in [3.63, 3.8) is 0 Å². The summed E-state index contributed by atoms with van der Waals surface area (Å²) in [6, 6.07) is 3.28. The summed E-state index contributed by atoms with van der Waals surface area (Å²) in [4.78, 5) is 7.21. The van der Waals surface area contributed by atoms with Gasteiger partial charge >= 0.3 is 0 Å². The Balaban J connectivity index is 2.24. The Kier molecular flexibility index (Phi) is 5.85. The summed E-state index contributed by atoms with van der Waals surface area (Å²) in [6.45, 7) is 8.70. The molecule has 1 N–H and O–H groups in total. The Morgan fingerprint density at radius 2 is 2.20 bits per heavy atom. The van der Waals surface area contributed by atoms with E-state index in [1.807, 2.05) is 6.20 Å². The average molecular weight is 340 g/mol. The van der Waals surface area contributed by atoms with Crippen LogP contribution in [-0.4, -0.2) is 23.6 Å². The number of nitrogens with one attached hydrogen (secondary N) is 1. The molecule has 2 rings (SSSR count). The molecule has 0 radical (unpaired) electrons. The van der Waals surface area contributed by atoms with Gasteiger partial charge in [0.2, 0.25) is 0 Å². The molecule has 2 heterocycles. The molecule has 1 fully saturated rings. The Hall–Kier alpha value is -0.610. The van der Waals surface area contributed by atoms with E-state index in [0.717, 1.165) is 23.4 Å². The lowest BCUT2D eigenvalue weighted by molar-refractivity contribution is 0.577. The predicted octanol–water partition coefficient (Wildman–Crippen LogP) is 4.11. The molecule has 20 heavy (non-hydrogen) atoms. The zero-order valence-electron chi connectivity index (χ0n) is 12.8. The summed E-state index contributed by atoms with van der Waals surface area (Å²) >= 11 is 3.55. The fraction of sp³-hybridized carbons (Fsp3) is 0.688. The van der Waals surface area contributed by atoms with Crippen LogP contribution in [0.25, 0.3) is 0 Å². The molecule has 0 spiro atoms. The lowest BCUT2D eigenvalue weighted by Gasteiger charge is -2.30. The molecular weight excluding hydrogens is 314 g/mol. The smallest absolute Gasteiger partial charge is 0.133 e. The van der Waals surface area contributed by atoms with Crippen LogP contribution in [-0.2, 0) is 6.54 Å². The van der Waals surface area contributed by atoms with Gasteiger partial charge in [0.15, 0.2) is 0 Å². The van der Waals surface area contributed by atoms with E-state index in [1.54, 1.807) is 0 Å². The first-order valence-electron chi connectivity index (χ1n) is 7.72. The van der Waals surface area contributed by atoms with Gasteiger partial charge in [-0.2, -0.15) is 0 Å². The third-order valence-corrected chi connectivity index (χ3v) is 4.37. The Morgan fingerprint density at radius 3 is 2.95 bits per heavy atom. The molecule has 0 amide bonds. The van der Waals surface area contributed by atoms with Gasteiger partial charge in [-0.3, -0.25) is 0 Å². The van der Waals surface area contributed by atoms with Crippen molar-refractivity contribution in [2.45, 2.75) is 65.1 Å². The molecule has 112 valence electrons. The summed E-state index contributed by atoms with van der Waals surface area (Å²) in [5.74, 6) is 1.16. The van der Waals surface area contributed by atoms with Gasteiger partial charge in [-0.15, -0.1) is 0 Å². The first-order valence-corrected chi connectivity index (χ1v) is 8.51. The molecule has 1 aliphatic heterocycles. The minimum absolute atomic E-state index is 0.489. The van der Waals surface area contributed by atoms with Crippen molar-refractivity contribution in [2.24, 2.45) is 0 Å². The van der Waals surface area contributed by atoms with E-state index in [9.17, 15) is 0 Å². The van der Waals surface area contributed by atoms with E-state index in [4.69, 9.17) is 4.98 Å². The van der Waals surface area contributed by atoms with Gasteiger partial charge in [0.1, 0.15) is 5.82 Å². The number of aromatic nitrogens is 1. The van der Waals surface area contributed by atoms with Crippen LogP contribution >= 0.6 is 15.9 Å².